The van der Waals surface area contributed by atoms with Gasteiger partial charge in [0.15, 0.2) is 11.5 Å². The second-order valence-corrected chi connectivity index (χ2v) is 9.06. The highest BCUT2D eigenvalue weighted by atomic mass is 32.2. The molecule has 0 spiro atoms. The Morgan fingerprint density at radius 2 is 1.92 bits per heavy atom. The van der Waals surface area contributed by atoms with Gasteiger partial charge in [0, 0.05) is 12.1 Å². The molecule has 1 aromatic rings. The minimum absolute atomic E-state index is 0.174. The van der Waals surface area contributed by atoms with Crippen molar-refractivity contribution in [3.05, 3.63) is 18.2 Å². The van der Waals surface area contributed by atoms with Crippen molar-refractivity contribution in [2.45, 2.75) is 31.7 Å². The molecule has 0 aromatic heterocycles. The van der Waals surface area contributed by atoms with E-state index in [1.807, 2.05) is 0 Å². The third-order valence-corrected chi connectivity index (χ3v) is 6.57. The van der Waals surface area contributed by atoms with Crippen LogP contribution in [0, 0.1) is 11.8 Å². The van der Waals surface area contributed by atoms with Crippen LogP contribution in [0.15, 0.2) is 18.2 Å². The lowest BCUT2D eigenvalue weighted by Crippen LogP contribution is -2.45. The molecule has 0 saturated heterocycles. The minimum atomic E-state index is -3.63. The van der Waals surface area contributed by atoms with Crippen molar-refractivity contribution in [1.29, 1.82) is 0 Å². The van der Waals surface area contributed by atoms with Gasteiger partial charge in [-0.25, -0.2) is 8.42 Å². The molecule has 1 N–H and O–H groups in total. The topological polar surface area (TPSA) is 84.9 Å². The number of methoxy groups -OCH3 is 2. The Kier molecular flexibility index (Phi) is 5.32. The van der Waals surface area contributed by atoms with Crippen LogP contribution in [-0.2, 0) is 14.8 Å². The lowest BCUT2D eigenvalue weighted by Gasteiger charge is -2.26. The Morgan fingerprint density at radius 3 is 2.46 bits per heavy atom. The molecule has 2 bridgehead atoms. The summed E-state index contributed by atoms with van der Waals surface area (Å²) in [6.07, 6.45) is 5.68. The van der Waals surface area contributed by atoms with Gasteiger partial charge in [-0.1, -0.05) is 6.42 Å². The number of carbonyl (C=O) groups is 1. The number of nitrogens with one attached hydrogen (secondary N) is 1. The van der Waals surface area contributed by atoms with Crippen LogP contribution >= 0.6 is 0 Å². The third kappa shape index (κ3) is 3.90. The minimum Gasteiger partial charge on any atom is -0.493 e. The monoisotopic (exact) mass is 382 g/mol. The molecule has 2 fully saturated rings. The summed E-state index contributed by atoms with van der Waals surface area (Å²) in [4.78, 5) is 12.5. The zero-order chi connectivity index (χ0) is 18.9. The number of amides is 1. The van der Waals surface area contributed by atoms with E-state index in [4.69, 9.17) is 9.47 Å². The van der Waals surface area contributed by atoms with Crippen molar-refractivity contribution in [2.24, 2.45) is 11.8 Å². The van der Waals surface area contributed by atoms with Crippen LogP contribution in [0.2, 0.25) is 0 Å². The maximum absolute atomic E-state index is 12.5. The van der Waals surface area contributed by atoms with Gasteiger partial charge < -0.3 is 14.8 Å². The Morgan fingerprint density at radius 1 is 1.19 bits per heavy atom. The van der Waals surface area contributed by atoms with Crippen LogP contribution in [0.4, 0.5) is 5.69 Å². The smallest absolute Gasteiger partial charge is 0.241 e. The summed E-state index contributed by atoms with van der Waals surface area (Å²) in [5.74, 6) is 1.88. The zero-order valence-electron chi connectivity index (χ0n) is 15.4. The van der Waals surface area contributed by atoms with Crippen molar-refractivity contribution >= 4 is 21.6 Å². The zero-order valence-corrected chi connectivity index (χ0v) is 16.2. The number of sulfonamides is 1. The molecular weight excluding hydrogens is 356 g/mol. The van der Waals surface area contributed by atoms with Crippen LogP contribution < -0.4 is 19.1 Å². The van der Waals surface area contributed by atoms with E-state index in [0.29, 0.717) is 29.0 Å². The molecule has 0 heterocycles. The highest BCUT2D eigenvalue weighted by molar-refractivity contribution is 7.92. The fraction of sp³-hybridized carbons (Fsp3) is 0.611. The van der Waals surface area contributed by atoms with E-state index in [1.165, 1.54) is 27.1 Å². The first kappa shape index (κ1) is 18.8. The predicted molar refractivity (Wildman–Crippen MR) is 99.1 cm³/mol. The van der Waals surface area contributed by atoms with Gasteiger partial charge >= 0.3 is 0 Å². The fourth-order valence-corrected chi connectivity index (χ4v) is 5.03. The second kappa shape index (κ2) is 7.34. The molecule has 0 aliphatic heterocycles. The van der Waals surface area contributed by atoms with Crippen molar-refractivity contribution < 1.29 is 22.7 Å². The summed E-state index contributed by atoms with van der Waals surface area (Å²) in [5.41, 5.74) is 0.369. The SMILES string of the molecule is COc1ccc(N(CC(=O)N[C@@H]2C[C@H]3CC[C@H]2C3)S(C)(=O)=O)cc1OC. The number of nitrogens with zero attached hydrogens (tertiary/aromatic N) is 1. The number of fused-ring (bicyclic) bond motifs is 2. The first-order valence-electron chi connectivity index (χ1n) is 8.81. The number of hydrogen-bond acceptors (Lipinski definition) is 5. The van der Waals surface area contributed by atoms with Gasteiger partial charge in [-0.15, -0.1) is 0 Å². The van der Waals surface area contributed by atoms with Crippen molar-refractivity contribution in [1.82, 2.24) is 5.32 Å². The lowest BCUT2D eigenvalue weighted by atomic mass is 9.95. The van der Waals surface area contributed by atoms with Crippen LogP contribution in [0.5, 0.6) is 11.5 Å². The van der Waals surface area contributed by atoms with E-state index in [2.05, 4.69) is 5.32 Å². The van der Waals surface area contributed by atoms with E-state index in [-0.39, 0.29) is 18.5 Å². The average Bonchev–Trinajstić information content (AvgIpc) is 3.21. The molecule has 3 rings (SSSR count). The highest BCUT2D eigenvalue weighted by Crippen LogP contribution is 2.44. The van der Waals surface area contributed by atoms with Gasteiger partial charge in [0.25, 0.3) is 0 Å². The molecular formula is C18H26N2O5S. The Hall–Kier alpha value is -1.96. The van der Waals surface area contributed by atoms with E-state index in [9.17, 15) is 13.2 Å². The van der Waals surface area contributed by atoms with E-state index < -0.39 is 10.0 Å². The average molecular weight is 382 g/mol. The van der Waals surface area contributed by atoms with E-state index in [1.54, 1.807) is 18.2 Å². The number of benzene rings is 1. The molecule has 3 atom stereocenters. The van der Waals surface area contributed by atoms with Crippen LogP contribution in [0.25, 0.3) is 0 Å². The van der Waals surface area contributed by atoms with Gasteiger partial charge in [0.2, 0.25) is 15.9 Å². The number of rotatable bonds is 7. The summed E-state index contributed by atoms with van der Waals surface area (Å²) in [7, 11) is -0.636. The summed E-state index contributed by atoms with van der Waals surface area (Å²) in [6, 6.07) is 4.96. The normalized spacial score (nSPS) is 24.3. The van der Waals surface area contributed by atoms with Crippen LogP contribution in [-0.4, -0.2) is 47.4 Å². The molecule has 8 heteroatoms. The number of hydrogen-bond donors (Lipinski definition) is 1. The van der Waals surface area contributed by atoms with E-state index in [0.717, 1.165) is 23.4 Å². The first-order valence-corrected chi connectivity index (χ1v) is 10.7. The third-order valence-electron chi connectivity index (χ3n) is 5.43. The first-order chi connectivity index (χ1) is 12.3. The summed E-state index contributed by atoms with van der Waals surface area (Å²) < 4.78 is 36.0. The van der Waals surface area contributed by atoms with Crippen molar-refractivity contribution in [3.8, 4) is 11.5 Å². The number of anilines is 1. The molecule has 2 aliphatic rings. The van der Waals surface area contributed by atoms with Gasteiger partial charge in [-0.3, -0.25) is 9.10 Å². The fourth-order valence-electron chi connectivity index (χ4n) is 4.18. The summed E-state index contributed by atoms with van der Waals surface area (Å²) >= 11 is 0. The molecule has 0 unspecified atom stereocenters. The molecule has 2 aliphatic carbocycles. The number of carbonyl (C=O) groups excluding carboxylic acids is 1. The molecule has 26 heavy (non-hydrogen) atoms. The lowest BCUT2D eigenvalue weighted by molar-refractivity contribution is -0.120. The van der Waals surface area contributed by atoms with Crippen LogP contribution in [0.1, 0.15) is 25.7 Å². The van der Waals surface area contributed by atoms with Crippen molar-refractivity contribution in [2.75, 3.05) is 31.3 Å². The van der Waals surface area contributed by atoms with Gasteiger partial charge in [0.05, 0.1) is 26.2 Å². The maximum Gasteiger partial charge on any atom is 0.241 e. The van der Waals surface area contributed by atoms with Gasteiger partial charge in [-0.05, 0) is 43.2 Å². The standard InChI is InChI=1S/C18H26N2O5S/c1-24-16-7-6-14(10-17(16)25-2)20(26(3,22)23)11-18(21)19-15-9-12-4-5-13(15)8-12/h6-7,10,12-13,15H,4-5,8-9,11H2,1-3H3,(H,19,21)/t12-,13-,15+/m0/s1. The molecule has 144 valence electrons. The quantitative estimate of drug-likeness (QED) is 0.777. The highest BCUT2D eigenvalue weighted by Gasteiger charge is 2.40. The maximum atomic E-state index is 12.5. The largest absolute Gasteiger partial charge is 0.493 e. The molecule has 2 saturated carbocycles. The van der Waals surface area contributed by atoms with Gasteiger partial charge in [0.1, 0.15) is 6.54 Å². The van der Waals surface area contributed by atoms with E-state index >= 15 is 0 Å². The Balaban J connectivity index is 1.75. The van der Waals surface area contributed by atoms with Gasteiger partial charge in [-0.2, -0.15) is 0 Å². The predicted octanol–water partition coefficient (Wildman–Crippen LogP) is 1.77. The molecule has 1 aromatic carbocycles. The summed E-state index contributed by atoms with van der Waals surface area (Å²) in [6.45, 7) is -0.248. The molecule has 0 radical (unpaired) electrons. The molecule has 7 nitrogen and oxygen atoms in total. The molecule has 1 amide bonds. The summed E-state index contributed by atoms with van der Waals surface area (Å²) in [5, 5.41) is 3.03. The Bertz CT molecular complexity index is 780. The van der Waals surface area contributed by atoms with Crippen LogP contribution in [0.3, 0.4) is 0 Å². The van der Waals surface area contributed by atoms with Crippen molar-refractivity contribution in [3.63, 3.8) is 0 Å². The number of ether oxygens (including phenoxy) is 2. The Labute approximate surface area is 154 Å². The second-order valence-electron chi connectivity index (χ2n) is 7.16.